The minimum absolute atomic E-state index is 0.155. The van der Waals surface area contributed by atoms with Gasteiger partial charge in [-0.1, -0.05) is 25.1 Å². The summed E-state index contributed by atoms with van der Waals surface area (Å²) in [5.41, 5.74) is 3.99. The Morgan fingerprint density at radius 3 is 2.80 bits per heavy atom. The van der Waals surface area contributed by atoms with Gasteiger partial charge in [0.05, 0.1) is 22.0 Å². The molecule has 2 heterocycles. The van der Waals surface area contributed by atoms with Crippen LogP contribution >= 0.6 is 11.3 Å². The molecule has 3 aromatic rings. The van der Waals surface area contributed by atoms with Gasteiger partial charge in [-0.15, -0.1) is 16.4 Å². The fourth-order valence-corrected chi connectivity index (χ4v) is 3.11. The van der Waals surface area contributed by atoms with Crippen LogP contribution in [0.25, 0.3) is 17.8 Å². The average Bonchev–Trinajstić information content (AvgIpc) is 3.25. The number of hydrogen-bond acceptors (Lipinski definition) is 5. The van der Waals surface area contributed by atoms with Crippen molar-refractivity contribution >= 4 is 23.5 Å². The van der Waals surface area contributed by atoms with Gasteiger partial charge < -0.3 is 9.47 Å². The van der Waals surface area contributed by atoms with Crippen molar-refractivity contribution in [1.82, 2.24) is 14.8 Å². The zero-order valence-corrected chi connectivity index (χ0v) is 15.4. The Balaban J connectivity index is 1.92. The second-order valence-corrected chi connectivity index (χ2v) is 6.47. The molecule has 130 valence electrons. The Labute approximate surface area is 151 Å². The molecule has 0 spiro atoms. The molecule has 0 aliphatic heterocycles. The summed E-state index contributed by atoms with van der Waals surface area (Å²) in [5.74, 6) is 0.535. The summed E-state index contributed by atoms with van der Waals surface area (Å²) in [6.07, 6.45) is 6.86. The van der Waals surface area contributed by atoms with Gasteiger partial charge in [0.2, 0.25) is 5.88 Å². The number of ether oxygens (including phenoxy) is 2. The zero-order chi connectivity index (χ0) is 17.6. The van der Waals surface area contributed by atoms with Crippen molar-refractivity contribution in [3.63, 3.8) is 0 Å². The molecule has 0 bridgehead atoms. The Morgan fingerprint density at radius 1 is 1.24 bits per heavy atom. The van der Waals surface area contributed by atoms with E-state index in [1.165, 1.54) is 0 Å². The standard InChI is InChI=1S/C19H21N3O2S/c1-4-18-20-16(12-25-18)10-9-15-11-22(21-19(15)24-13-23-3)17-8-6-5-7-14(17)2/h5-12H,4,13H2,1-3H3/b10-9+. The van der Waals surface area contributed by atoms with E-state index in [2.05, 4.69) is 35.4 Å². The maximum absolute atomic E-state index is 5.62. The predicted molar refractivity (Wildman–Crippen MR) is 101 cm³/mol. The lowest BCUT2D eigenvalue weighted by molar-refractivity contribution is 0.0474. The van der Waals surface area contributed by atoms with Crippen LogP contribution in [0, 0.1) is 6.92 Å². The lowest BCUT2D eigenvalue weighted by atomic mass is 10.2. The van der Waals surface area contributed by atoms with E-state index in [9.17, 15) is 0 Å². The molecule has 25 heavy (non-hydrogen) atoms. The van der Waals surface area contributed by atoms with Crippen LogP contribution in [0.1, 0.15) is 28.8 Å². The van der Waals surface area contributed by atoms with Gasteiger partial charge in [0.15, 0.2) is 6.79 Å². The highest BCUT2D eigenvalue weighted by atomic mass is 32.1. The highest BCUT2D eigenvalue weighted by Crippen LogP contribution is 2.23. The number of aromatic nitrogens is 3. The fourth-order valence-electron chi connectivity index (χ4n) is 2.40. The number of hydrogen-bond donors (Lipinski definition) is 0. The van der Waals surface area contributed by atoms with E-state index < -0.39 is 0 Å². The summed E-state index contributed by atoms with van der Waals surface area (Å²) in [7, 11) is 1.59. The van der Waals surface area contributed by atoms with E-state index in [1.54, 1.807) is 18.4 Å². The third-order valence-corrected chi connectivity index (χ3v) is 4.70. The van der Waals surface area contributed by atoms with Crippen molar-refractivity contribution < 1.29 is 9.47 Å². The normalized spacial score (nSPS) is 11.3. The maximum Gasteiger partial charge on any atom is 0.242 e. The van der Waals surface area contributed by atoms with Crippen LogP contribution in [0.15, 0.2) is 35.8 Å². The van der Waals surface area contributed by atoms with Crippen molar-refractivity contribution in [2.24, 2.45) is 0 Å². The second-order valence-electron chi connectivity index (χ2n) is 5.52. The molecule has 0 saturated heterocycles. The Morgan fingerprint density at radius 2 is 2.08 bits per heavy atom. The molecule has 6 heteroatoms. The van der Waals surface area contributed by atoms with Crippen LogP contribution in [0.5, 0.6) is 5.88 Å². The largest absolute Gasteiger partial charge is 0.449 e. The number of para-hydroxylation sites is 1. The van der Waals surface area contributed by atoms with E-state index in [-0.39, 0.29) is 6.79 Å². The van der Waals surface area contributed by atoms with E-state index >= 15 is 0 Å². The Kier molecular flexibility index (Phi) is 5.63. The van der Waals surface area contributed by atoms with Gasteiger partial charge >= 0.3 is 0 Å². The van der Waals surface area contributed by atoms with Crippen molar-refractivity contribution in [3.8, 4) is 11.6 Å². The first-order valence-corrected chi connectivity index (χ1v) is 8.99. The first-order valence-electron chi connectivity index (χ1n) is 8.11. The first kappa shape index (κ1) is 17.4. The maximum atomic E-state index is 5.62. The summed E-state index contributed by atoms with van der Waals surface area (Å²) >= 11 is 1.67. The minimum Gasteiger partial charge on any atom is -0.449 e. The van der Waals surface area contributed by atoms with Gasteiger partial charge in [0.25, 0.3) is 0 Å². The number of methoxy groups -OCH3 is 1. The molecule has 3 rings (SSSR count). The molecular weight excluding hydrogens is 334 g/mol. The molecular formula is C19H21N3O2S. The quantitative estimate of drug-likeness (QED) is 0.591. The predicted octanol–water partition coefficient (Wildman–Crippen LogP) is 4.35. The number of aryl methyl sites for hydroxylation is 2. The summed E-state index contributed by atoms with van der Waals surface area (Å²) in [5, 5.41) is 7.74. The Hall–Kier alpha value is -2.44. The number of benzene rings is 1. The molecule has 0 N–H and O–H groups in total. The number of nitrogens with zero attached hydrogens (tertiary/aromatic N) is 3. The molecule has 0 aliphatic rings. The van der Waals surface area contributed by atoms with Crippen molar-refractivity contribution in [2.45, 2.75) is 20.3 Å². The summed E-state index contributed by atoms with van der Waals surface area (Å²) < 4.78 is 12.5. The van der Waals surface area contributed by atoms with Crippen LogP contribution in [-0.4, -0.2) is 28.7 Å². The Bertz CT molecular complexity index is 867. The third-order valence-electron chi connectivity index (χ3n) is 3.69. The van der Waals surface area contributed by atoms with Crippen LogP contribution in [0.4, 0.5) is 0 Å². The van der Waals surface area contributed by atoms with Gasteiger partial charge in [-0.25, -0.2) is 9.67 Å². The summed E-state index contributed by atoms with van der Waals surface area (Å²) in [4.78, 5) is 4.55. The van der Waals surface area contributed by atoms with E-state index in [0.29, 0.717) is 5.88 Å². The molecule has 5 nitrogen and oxygen atoms in total. The average molecular weight is 355 g/mol. The van der Waals surface area contributed by atoms with Gasteiger partial charge in [0, 0.05) is 18.7 Å². The van der Waals surface area contributed by atoms with E-state index in [1.807, 2.05) is 41.2 Å². The number of rotatable bonds is 7. The molecule has 0 aliphatic carbocycles. The van der Waals surface area contributed by atoms with Crippen LogP contribution in [0.2, 0.25) is 0 Å². The summed E-state index contributed by atoms with van der Waals surface area (Å²) in [6.45, 7) is 4.32. The SMILES string of the molecule is CCc1nc(/C=C/c2cn(-c3ccccc3C)nc2OCOC)cs1. The van der Waals surface area contributed by atoms with Gasteiger partial charge in [-0.05, 0) is 37.1 Å². The van der Waals surface area contributed by atoms with Crippen molar-refractivity contribution in [1.29, 1.82) is 0 Å². The molecule has 0 atom stereocenters. The monoisotopic (exact) mass is 355 g/mol. The fraction of sp³-hybridized carbons (Fsp3) is 0.263. The highest BCUT2D eigenvalue weighted by molar-refractivity contribution is 7.09. The second kappa shape index (κ2) is 8.09. The van der Waals surface area contributed by atoms with Crippen LogP contribution in [0.3, 0.4) is 0 Å². The van der Waals surface area contributed by atoms with Gasteiger partial charge in [-0.3, -0.25) is 0 Å². The lowest BCUT2D eigenvalue weighted by Crippen LogP contribution is -2.02. The molecule has 2 aromatic heterocycles. The van der Waals surface area contributed by atoms with E-state index in [4.69, 9.17) is 9.47 Å². The lowest BCUT2D eigenvalue weighted by Gasteiger charge is -2.04. The van der Waals surface area contributed by atoms with Crippen molar-refractivity contribution in [2.75, 3.05) is 13.9 Å². The van der Waals surface area contributed by atoms with Gasteiger partial charge in [-0.2, -0.15) is 0 Å². The summed E-state index contributed by atoms with van der Waals surface area (Å²) in [6, 6.07) is 8.10. The van der Waals surface area contributed by atoms with Crippen LogP contribution in [-0.2, 0) is 11.2 Å². The smallest absolute Gasteiger partial charge is 0.242 e. The number of thiazole rings is 1. The minimum atomic E-state index is 0.155. The molecule has 0 amide bonds. The highest BCUT2D eigenvalue weighted by Gasteiger charge is 2.11. The third kappa shape index (κ3) is 4.15. The first-order chi connectivity index (χ1) is 12.2. The zero-order valence-electron chi connectivity index (χ0n) is 14.6. The van der Waals surface area contributed by atoms with E-state index in [0.717, 1.165) is 33.9 Å². The van der Waals surface area contributed by atoms with Gasteiger partial charge in [0.1, 0.15) is 0 Å². The van der Waals surface area contributed by atoms with Crippen molar-refractivity contribution in [3.05, 3.63) is 57.7 Å². The molecule has 0 saturated carbocycles. The molecule has 1 aromatic carbocycles. The van der Waals surface area contributed by atoms with Crippen LogP contribution < -0.4 is 4.74 Å². The molecule has 0 unspecified atom stereocenters. The molecule has 0 radical (unpaired) electrons. The molecule has 0 fully saturated rings. The topological polar surface area (TPSA) is 49.2 Å².